The summed E-state index contributed by atoms with van der Waals surface area (Å²) in [6.45, 7) is 7.42. The third kappa shape index (κ3) is 5.15. The maximum atomic E-state index is 13.6. The first-order valence-corrected chi connectivity index (χ1v) is 13.3. The summed E-state index contributed by atoms with van der Waals surface area (Å²) in [7, 11) is 0. The number of halogens is 1. The summed E-state index contributed by atoms with van der Waals surface area (Å²) in [5.74, 6) is 2.07. The number of hydrogen-bond donors (Lipinski definition) is 1. The zero-order valence-corrected chi connectivity index (χ0v) is 21.3. The molecule has 1 aromatic carbocycles. The average Bonchev–Trinajstić information content (AvgIpc) is 3.05. The highest BCUT2D eigenvalue weighted by atomic mass is 19.1. The molecule has 5 rings (SSSR count). The second-order valence-corrected chi connectivity index (χ2v) is 10.0. The van der Waals surface area contributed by atoms with Crippen LogP contribution in [-0.4, -0.2) is 63.4 Å². The number of nitrogens with one attached hydrogen (secondary N) is 1. The first-order valence-electron chi connectivity index (χ1n) is 13.3. The summed E-state index contributed by atoms with van der Waals surface area (Å²) in [5.41, 5.74) is 2.39. The minimum Gasteiger partial charge on any atom is -0.354 e. The van der Waals surface area contributed by atoms with Gasteiger partial charge in [0.05, 0.1) is 16.8 Å². The fourth-order valence-electron chi connectivity index (χ4n) is 5.53. The van der Waals surface area contributed by atoms with Gasteiger partial charge in [-0.15, -0.1) is 0 Å². The van der Waals surface area contributed by atoms with Crippen molar-refractivity contribution in [2.75, 3.05) is 37.6 Å². The molecule has 2 aromatic heterocycles. The topological polar surface area (TPSA) is 79.2 Å². The molecule has 192 valence electrons. The lowest BCUT2D eigenvalue weighted by molar-refractivity contribution is 0.202. The van der Waals surface area contributed by atoms with Crippen molar-refractivity contribution in [1.82, 2.24) is 30.0 Å². The van der Waals surface area contributed by atoms with Gasteiger partial charge in [0.25, 0.3) is 0 Å². The van der Waals surface area contributed by atoms with Gasteiger partial charge in [-0.2, -0.15) is 5.10 Å². The van der Waals surface area contributed by atoms with E-state index < -0.39 is 0 Å². The first-order chi connectivity index (χ1) is 17.5. The lowest BCUT2D eigenvalue weighted by Gasteiger charge is -2.25. The van der Waals surface area contributed by atoms with Gasteiger partial charge in [-0.25, -0.2) is 23.8 Å². The largest absolute Gasteiger partial charge is 0.354 e. The fraction of sp³-hybridized carbons (Fsp3) is 0.556. The number of aryl methyl sites for hydroxylation is 1. The molecule has 3 heterocycles. The Hall–Kier alpha value is -3.23. The van der Waals surface area contributed by atoms with Gasteiger partial charge in [-0.3, -0.25) is 0 Å². The van der Waals surface area contributed by atoms with E-state index in [1.165, 1.54) is 44.2 Å². The van der Waals surface area contributed by atoms with Crippen molar-refractivity contribution >= 4 is 22.9 Å². The Labute approximate surface area is 211 Å². The van der Waals surface area contributed by atoms with Crippen LogP contribution in [0.15, 0.2) is 24.3 Å². The van der Waals surface area contributed by atoms with Crippen LogP contribution in [0.3, 0.4) is 0 Å². The molecule has 2 fully saturated rings. The van der Waals surface area contributed by atoms with Gasteiger partial charge in [0.1, 0.15) is 17.5 Å². The van der Waals surface area contributed by atoms with E-state index in [9.17, 15) is 9.18 Å². The van der Waals surface area contributed by atoms with Crippen LogP contribution in [0.2, 0.25) is 0 Å². The first kappa shape index (κ1) is 24.5. The Morgan fingerprint density at radius 3 is 2.56 bits per heavy atom. The smallest absolute Gasteiger partial charge is 0.317 e. The Morgan fingerprint density at radius 1 is 1.03 bits per heavy atom. The molecule has 2 aliphatic rings. The fourth-order valence-corrected chi connectivity index (χ4v) is 5.53. The van der Waals surface area contributed by atoms with Crippen LogP contribution >= 0.6 is 0 Å². The number of fused-ring (bicyclic) bond motifs is 1. The van der Waals surface area contributed by atoms with Gasteiger partial charge in [0.2, 0.25) is 0 Å². The third-order valence-corrected chi connectivity index (χ3v) is 7.41. The van der Waals surface area contributed by atoms with Crippen LogP contribution in [0.4, 0.5) is 15.0 Å². The van der Waals surface area contributed by atoms with Crippen LogP contribution in [-0.2, 0) is 6.42 Å². The number of rotatable bonds is 5. The Kier molecular flexibility index (Phi) is 7.34. The standard InChI is InChI=1S/C27H36FN7O/c1-3-29-27(36)34-15-7-14-33(16-17-34)25-24-19(2)32-35(22-12-10-21(28)11-13-22)26(24)31-23(30-25)18-20-8-5-4-6-9-20/h10-13,20H,3-9,14-18H2,1-2H3,(H,29,36). The molecular weight excluding hydrogens is 457 g/mol. The van der Waals surface area contributed by atoms with E-state index in [2.05, 4.69) is 10.2 Å². The van der Waals surface area contributed by atoms with Crippen LogP contribution < -0.4 is 10.2 Å². The highest BCUT2D eigenvalue weighted by Gasteiger charge is 2.26. The quantitative estimate of drug-likeness (QED) is 0.561. The van der Waals surface area contributed by atoms with Crippen molar-refractivity contribution in [2.24, 2.45) is 5.92 Å². The van der Waals surface area contributed by atoms with Crippen LogP contribution in [0.1, 0.15) is 57.0 Å². The number of amides is 2. The highest BCUT2D eigenvalue weighted by molar-refractivity contribution is 5.91. The maximum absolute atomic E-state index is 13.6. The molecule has 9 heteroatoms. The predicted molar refractivity (Wildman–Crippen MR) is 139 cm³/mol. The highest BCUT2D eigenvalue weighted by Crippen LogP contribution is 2.32. The van der Waals surface area contributed by atoms with E-state index in [0.29, 0.717) is 25.6 Å². The minimum atomic E-state index is -0.276. The van der Waals surface area contributed by atoms with E-state index in [1.54, 1.807) is 12.1 Å². The molecule has 0 atom stereocenters. The number of carbonyl (C=O) groups excluding carboxylic acids is 1. The second-order valence-electron chi connectivity index (χ2n) is 10.0. The third-order valence-electron chi connectivity index (χ3n) is 7.41. The second kappa shape index (κ2) is 10.8. The van der Waals surface area contributed by atoms with Crippen molar-refractivity contribution in [2.45, 2.75) is 58.8 Å². The molecule has 1 aliphatic heterocycles. The lowest BCUT2D eigenvalue weighted by atomic mass is 9.87. The maximum Gasteiger partial charge on any atom is 0.317 e. The minimum absolute atomic E-state index is 0.00881. The van der Waals surface area contributed by atoms with Crippen LogP contribution in [0, 0.1) is 18.7 Å². The van der Waals surface area contributed by atoms with Crippen molar-refractivity contribution in [1.29, 1.82) is 0 Å². The number of nitrogens with zero attached hydrogens (tertiary/aromatic N) is 6. The summed E-state index contributed by atoms with van der Waals surface area (Å²) >= 11 is 0. The molecule has 36 heavy (non-hydrogen) atoms. The van der Waals surface area contributed by atoms with Crippen LogP contribution in [0.25, 0.3) is 16.7 Å². The van der Waals surface area contributed by atoms with Crippen molar-refractivity contribution < 1.29 is 9.18 Å². The van der Waals surface area contributed by atoms with Gasteiger partial charge in [0.15, 0.2) is 5.65 Å². The molecule has 0 unspecified atom stereocenters. The number of anilines is 1. The molecule has 2 amide bonds. The number of hydrogen-bond acceptors (Lipinski definition) is 5. The normalized spacial score (nSPS) is 17.4. The predicted octanol–water partition coefficient (Wildman–Crippen LogP) is 4.63. The van der Waals surface area contributed by atoms with E-state index in [-0.39, 0.29) is 11.8 Å². The number of benzene rings is 1. The van der Waals surface area contributed by atoms with Crippen molar-refractivity contribution in [3.63, 3.8) is 0 Å². The van der Waals surface area contributed by atoms with E-state index >= 15 is 0 Å². The van der Waals surface area contributed by atoms with Gasteiger partial charge in [-0.05, 0) is 50.5 Å². The molecular formula is C27H36FN7O. The Balaban J connectivity index is 1.54. The Morgan fingerprint density at radius 2 is 1.81 bits per heavy atom. The molecule has 0 spiro atoms. The molecule has 1 saturated heterocycles. The molecule has 1 saturated carbocycles. The molecule has 1 N–H and O–H groups in total. The molecule has 8 nitrogen and oxygen atoms in total. The molecule has 0 radical (unpaired) electrons. The summed E-state index contributed by atoms with van der Waals surface area (Å²) in [4.78, 5) is 26.8. The van der Waals surface area contributed by atoms with Crippen LogP contribution in [0.5, 0.6) is 0 Å². The molecule has 3 aromatic rings. The number of urea groups is 1. The zero-order valence-electron chi connectivity index (χ0n) is 21.3. The van der Waals surface area contributed by atoms with E-state index in [4.69, 9.17) is 15.1 Å². The van der Waals surface area contributed by atoms with Gasteiger partial charge in [0, 0.05) is 39.1 Å². The number of aromatic nitrogens is 4. The summed E-state index contributed by atoms with van der Waals surface area (Å²) < 4.78 is 15.5. The van der Waals surface area contributed by atoms with E-state index in [1.807, 2.05) is 23.4 Å². The van der Waals surface area contributed by atoms with Gasteiger partial charge < -0.3 is 15.1 Å². The van der Waals surface area contributed by atoms with Gasteiger partial charge in [-0.1, -0.05) is 32.1 Å². The van der Waals surface area contributed by atoms with Crippen molar-refractivity contribution in [3.8, 4) is 5.69 Å². The monoisotopic (exact) mass is 493 g/mol. The zero-order chi connectivity index (χ0) is 25.1. The molecule has 1 aliphatic carbocycles. The lowest BCUT2D eigenvalue weighted by Crippen LogP contribution is -2.42. The Bertz CT molecular complexity index is 1200. The summed E-state index contributed by atoms with van der Waals surface area (Å²) in [6.07, 6.45) is 8.02. The summed E-state index contributed by atoms with van der Waals surface area (Å²) in [6, 6.07) is 6.37. The van der Waals surface area contributed by atoms with Gasteiger partial charge >= 0.3 is 6.03 Å². The number of carbonyl (C=O) groups is 1. The SMILES string of the molecule is CCNC(=O)N1CCCN(c2nc(CC3CCCCC3)nc3c2c(C)nn3-c2ccc(F)cc2)CC1. The molecule has 0 bridgehead atoms. The van der Waals surface area contributed by atoms with Crippen molar-refractivity contribution in [3.05, 3.63) is 41.6 Å². The van der Waals surface area contributed by atoms with E-state index in [0.717, 1.165) is 60.0 Å². The average molecular weight is 494 g/mol. The summed E-state index contributed by atoms with van der Waals surface area (Å²) in [5, 5.41) is 8.66.